The molecule has 0 spiro atoms. The fourth-order valence-electron chi connectivity index (χ4n) is 0. The third kappa shape index (κ3) is 284. The summed E-state index contributed by atoms with van der Waals surface area (Å²) in [6.45, 7) is 0. The van der Waals surface area contributed by atoms with Crippen LogP contribution in [0.5, 0.6) is 0 Å². The van der Waals surface area contributed by atoms with Crippen molar-refractivity contribution in [3.05, 3.63) is 10.6 Å². The Morgan fingerprint density at radius 1 is 0.875 bits per heavy atom. The summed E-state index contributed by atoms with van der Waals surface area (Å²) in [7, 11) is 7.00. The van der Waals surface area contributed by atoms with Crippen molar-refractivity contribution < 1.29 is 35.6 Å². The fraction of sp³-hybridized carbons (Fsp3) is 1.00. The van der Waals surface area contributed by atoms with Gasteiger partial charge in [-0.3, -0.25) is 0 Å². The van der Waals surface area contributed by atoms with Crippen LogP contribution in [0, 0.1) is 0 Å². The summed E-state index contributed by atoms with van der Waals surface area (Å²) in [6.07, 6.45) is 0. The number of nitrogens with zero attached hydrogens (tertiary/aromatic N) is 2. The summed E-state index contributed by atoms with van der Waals surface area (Å²) in [6, 6.07) is 0. The molecule has 0 aliphatic carbocycles. The largest absolute Gasteiger partial charge is 3.00 e. The Balaban J connectivity index is -0.00000000889. The molecule has 0 aliphatic rings. The summed E-state index contributed by atoms with van der Waals surface area (Å²) in [5.74, 6) is 0. The van der Waals surface area contributed by atoms with Crippen LogP contribution in [-0.2, 0) is 21.7 Å². The van der Waals surface area contributed by atoms with E-state index in [0.717, 1.165) is 0 Å². The summed E-state index contributed by atoms with van der Waals surface area (Å²) in [5.41, 5.74) is 0. The smallest absolute Gasteiger partial charge is 1.00 e. The van der Waals surface area contributed by atoms with E-state index in [1.165, 1.54) is 0 Å². The van der Waals surface area contributed by atoms with E-state index in [1.54, 1.807) is 28.2 Å². The van der Waals surface area contributed by atoms with Crippen molar-refractivity contribution >= 4 is 0 Å². The predicted octanol–water partition coefficient (Wildman–Crippen LogP) is -1.51. The first-order valence-corrected chi connectivity index (χ1v) is 1.79. The van der Waals surface area contributed by atoms with Crippen LogP contribution in [0.3, 0.4) is 0 Å². The van der Waals surface area contributed by atoms with Crippen LogP contribution in [0.4, 0.5) is 0 Å². The normalized spacial score (nSPS) is 4.50. The summed E-state index contributed by atoms with van der Waals surface area (Å²) in [4.78, 5) is 0. The van der Waals surface area contributed by atoms with Crippen LogP contribution in [0.25, 0.3) is 10.6 Å². The average Bonchev–Trinajstić information content (AvgIpc) is 1.39. The zero-order valence-corrected chi connectivity index (χ0v) is 8.09. The van der Waals surface area contributed by atoms with Gasteiger partial charge in [0, 0.05) is 1.43 Å². The molecule has 0 rings (SSSR count). The molecule has 0 heterocycles. The molecule has 0 N–H and O–H groups in total. The standard InChI is InChI=1S/2C2H6N.ClH.Ti.H2/c2*1-3-2;;;/h2*1-2H3;1H;;1H/q2*-1;;+3;/p-1. The minimum atomic E-state index is 0. The number of rotatable bonds is 0. The first-order valence-electron chi connectivity index (χ1n) is 1.79. The molecule has 51 valence electrons. The maximum Gasteiger partial charge on any atom is 3.00 e. The molecule has 0 aromatic rings. The maximum atomic E-state index is 3.50. The van der Waals surface area contributed by atoms with E-state index in [1.807, 2.05) is 0 Å². The molecule has 8 heavy (non-hydrogen) atoms. The van der Waals surface area contributed by atoms with Gasteiger partial charge in [-0.15, -0.1) is 0 Å². The molecule has 0 aliphatic heterocycles. The summed E-state index contributed by atoms with van der Waals surface area (Å²) < 4.78 is 0. The Bertz CT molecular complexity index is 20.5. The van der Waals surface area contributed by atoms with Crippen LogP contribution in [0.2, 0.25) is 0 Å². The second-order valence-electron chi connectivity index (χ2n) is 0.894. The molecule has 4 heteroatoms. The first kappa shape index (κ1) is 23.1. The van der Waals surface area contributed by atoms with Crippen molar-refractivity contribution in [1.29, 1.82) is 0 Å². The summed E-state index contributed by atoms with van der Waals surface area (Å²) in [5, 5.41) is 7.00. The molecular weight excluding hydrogens is 159 g/mol. The molecule has 0 amide bonds. The molecule has 0 saturated carbocycles. The second-order valence-corrected chi connectivity index (χ2v) is 0.894. The number of hydrogen-bond acceptors (Lipinski definition) is 0. The zero-order chi connectivity index (χ0) is 5.41. The van der Waals surface area contributed by atoms with Crippen LogP contribution in [0.1, 0.15) is 1.43 Å². The van der Waals surface area contributed by atoms with Gasteiger partial charge in [-0.1, -0.05) is 0 Å². The topological polar surface area (TPSA) is 28.2 Å². The van der Waals surface area contributed by atoms with Crippen molar-refractivity contribution in [2.45, 2.75) is 0 Å². The zero-order valence-electron chi connectivity index (χ0n) is 5.77. The van der Waals surface area contributed by atoms with Gasteiger partial charge in [0.1, 0.15) is 0 Å². The maximum absolute atomic E-state index is 3.50. The third-order valence-electron chi connectivity index (χ3n) is 0. The second kappa shape index (κ2) is 44.4. The SMILES string of the molecule is C[N-]C.C[N-]C.[Cl-].[HH].[Ti+3]. The molecule has 0 aromatic heterocycles. The summed E-state index contributed by atoms with van der Waals surface area (Å²) >= 11 is 0. The van der Waals surface area contributed by atoms with Crippen LogP contribution in [-0.4, -0.2) is 28.2 Å². The molecule has 0 aromatic carbocycles. The fourth-order valence-corrected chi connectivity index (χ4v) is 0. The Morgan fingerprint density at radius 3 is 0.875 bits per heavy atom. The number of hydrogen-bond donors (Lipinski definition) is 0. The molecule has 0 bridgehead atoms. The predicted molar refractivity (Wildman–Crippen MR) is 32.5 cm³/mol. The average molecular weight is 173 g/mol. The van der Waals surface area contributed by atoms with Gasteiger partial charge in [0.05, 0.1) is 0 Å². The molecule has 2 nitrogen and oxygen atoms in total. The minimum absolute atomic E-state index is 0. The van der Waals surface area contributed by atoms with Gasteiger partial charge in [0.25, 0.3) is 0 Å². The molecular formula is C4H14ClN2Ti. The molecule has 0 unspecified atom stereocenters. The van der Waals surface area contributed by atoms with Crippen molar-refractivity contribution in [3.8, 4) is 0 Å². The number of halogens is 1. The van der Waals surface area contributed by atoms with Gasteiger partial charge >= 0.3 is 21.7 Å². The Morgan fingerprint density at radius 2 is 0.875 bits per heavy atom. The molecule has 0 saturated heterocycles. The van der Waals surface area contributed by atoms with Crippen LogP contribution < -0.4 is 12.4 Å². The molecule has 0 fully saturated rings. The quantitative estimate of drug-likeness (QED) is 0.399. The van der Waals surface area contributed by atoms with Crippen molar-refractivity contribution in [1.82, 2.24) is 0 Å². The van der Waals surface area contributed by atoms with E-state index >= 15 is 0 Å². The van der Waals surface area contributed by atoms with Crippen LogP contribution >= 0.6 is 0 Å². The van der Waals surface area contributed by atoms with Crippen molar-refractivity contribution in [3.63, 3.8) is 0 Å². The van der Waals surface area contributed by atoms with Crippen molar-refractivity contribution in [2.75, 3.05) is 28.2 Å². The molecule has 1 radical (unpaired) electrons. The van der Waals surface area contributed by atoms with E-state index in [0.29, 0.717) is 0 Å². The monoisotopic (exact) mass is 173 g/mol. The van der Waals surface area contributed by atoms with E-state index in [-0.39, 0.29) is 35.6 Å². The first-order chi connectivity index (χ1) is 2.83. The van der Waals surface area contributed by atoms with Gasteiger partial charge in [-0.25, -0.2) is 0 Å². The Hall–Kier alpha value is 0.924. The molecule has 0 atom stereocenters. The van der Waals surface area contributed by atoms with Gasteiger partial charge in [0.15, 0.2) is 0 Å². The Kier molecular flexibility index (Phi) is 128. The minimum Gasteiger partial charge on any atom is -1.00 e. The van der Waals surface area contributed by atoms with Crippen LogP contribution in [0.15, 0.2) is 0 Å². The van der Waals surface area contributed by atoms with Crippen molar-refractivity contribution in [2.24, 2.45) is 0 Å². The van der Waals surface area contributed by atoms with E-state index < -0.39 is 0 Å². The van der Waals surface area contributed by atoms with E-state index in [9.17, 15) is 0 Å². The van der Waals surface area contributed by atoms with E-state index in [4.69, 9.17) is 0 Å². The van der Waals surface area contributed by atoms with Gasteiger partial charge < -0.3 is 23.0 Å². The third-order valence-corrected chi connectivity index (χ3v) is 0. The Labute approximate surface area is 74.6 Å². The van der Waals surface area contributed by atoms with Gasteiger partial charge in [-0.05, 0) is 0 Å². The van der Waals surface area contributed by atoms with Gasteiger partial charge in [-0.2, -0.15) is 28.2 Å². The van der Waals surface area contributed by atoms with E-state index in [2.05, 4.69) is 10.6 Å². The van der Waals surface area contributed by atoms with Gasteiger partial charge in [0.2, 0.25) is 0 Å².